The highest BCUT2D eigenvalue weighted by Crippen LogP contribution is 2.73. The fourth-order valence-electron chi connectivity index (χ4n) is 2.12. The minimum Gasteiger partial charge on any atom is -0.387 e. The lowest BCUT2D eigenvalue weighted by molar-refractivity contribution is -0.336. The zero-order valence-electron chi connectivity index (χ0n) is 15.1. The average molecular weight is 596 g/mol. The van der Waals surface area contributed by atoms with Gasteiger partial charge in [-0.25, -0.2) is 27.3 Å². The SMILES string of the molecule is O=P(O)(O)OP(=O)(O)OP(=O)(O)OP(=O)(O)OP(=O)(O)OC1(O)[C@H](O)[C@H](O)C(O)[C@H](O)[C@H]1O. The molecule has 0 aromatic heterocycles. The van der Waals surface area contributed by atoms with Crippen molar-refractivity contribution in [3.63, 3.8) is 0 Å². The molecule has 27 heteroatoms. The van der Waals surface area contributed by atoms with Gasteiger partial charge >= 0.3 is 39.1 Å². The summed E-state index contributed by atoms with van der Waals surface area (Å²) >= 11 is 0. The highest BCUT2D eigenvalue weighted by molar-refractivity contribution is 7.71. The van der Waals surface area contributed by atoms with E-state index >= 15 is 0 Å². The predicted molar refractivity (Wildman–Crippen MR) is 91.8 cm³/mol. The Morgan fingerprint density at radius 3 is 1.15 bits per heavy atom. The Balaban J connectivity index is 3.03. The predicted octanol–water partition coefficient (Wildman–Crippen LogP) is -3.93. The van der Waals surface area contributed by atoms with Crippen LogP contribution >= 0.6 is 39.1 Å². The van der Waals surface area contributed by atoms with Crippen LogP contribution in [0.25, 0.3) is 0 Å². The number of phosphoric ester groups is 1. The van der Waals surface area contributed by atoms with Gasteiger partial charge in [-0.1, -0.05) is 0 Å². The molecule has 0 aromatic rings. The summed E-state index contributed by atoms with van der Waals surface area (Å²) in [6.45, 7) is 0. The minimum absolute atomic E-state index is 2.34. The van der Waals surface area contributed by atoms with E-state index < -0.39 is 75.4 Å². The lowest BCUT2D eigenvalue weighted by atomic mass is 9.82. The van der Waals surface area contributed by atoms with Crippen LogP contribution in [0.5, 0.6) is 0 Å². The Bertz CT molecular complexity index is 937. The molecule has 6 unspecified atom stereocenters. The molecule has 0 aliphatic heterocycles. The summed E-state index contributed by atoms with van der Waals surface area (Å²) in [5.74, 6) is -3.90. The van der Waals surface area contributed by atoms with Crippen molar-refractivity contribution in [3.8, 4) is 0 Å². The highest BCUT2D eigenvalue weighted by atomic mass is 31.3. The van der Waals surface area contributed by atoms with E-state index in [9.17, 15) is 63.3 Å². The Morgan fingerprint density at radius 1 is 0.515 bits per heavy atom. The first-order chi connectivity index (χ1) is 14.3. The van der Waals surface area contributed by atoms with Crippen LogP contribution in [0.1, 0.15) is 0 Å². The van der Waals surface area contributed by atoms with Crippen LogP contribution in [0, 0.1) is 0 Å². The minimum atomic E-state index is -6.46. The number of aliphatic hydroxyl groups excluding tert-OH is 5. The smallest absolute Gasteiger partial charge is 0.387 e. The van der Waals surface area contributed by atoms with Crippen molar-refractivity contribution in [2.45, 2.75) is 36.3 Å². The third kappa shape index (κ3) is 8.82. The first-order valence-corrected chi connectivity index (χ1v) is 14.9. The van der Waals surface area contributed by atoms with Crippen molar-refractivity contribution in [2.75, 3.05) is 0 Å². The van der Waals surface area contributed by atoms with Crippen LogP contribution in [0.3, 0.4) is 0 Å². The van der Waals surface area contributed by atoms with Gasteiger partial charge in [-0.15, -0.1) is 0 Å². The lowest BCUT2D eigenvalue weighted by Gasteiger charge is -2.46. The van der Waals surface area contributed by atoms with Gasteiger partial charge in [0.25, 0.3) is 0 Å². The van der Waals surface area contributed by atoms with Crippen molar-refractivity contribution in [1.29, 1.82) is 0 Å². The molecule has 22 nitrogen and oxygen atoms in total. The molecule has 33 heavy (non-hydrogen) atoms. The second kappa shape index (κ2) is 10.1. The van der Waals surface area contributed by atoms with Gasteiger partial charge in [-0.3, -0.25) is 0 Å². The standard InChI is InChI=1S/C6H17O22P5/c7-1-2(8)4(10)6(12,5(11)3(1)9)24-30(16,17)26-32(20,21)28-33(22,23)27-31(18,19)25-29(13,14)15/h1-5,7-12H,(H,16,17)(H,18,19)(H,20,21)(H,22,23)(H2,13,14,15)/t1?,2-,3+,4-,5-,6?/m1/s1. The number of hydrogen-bond donors (Lipinski definition) is 12. The van der Waals surface area contributed by atoms with Crippen LogP contribution < -0.4 is 0 Å². The molecule has 0 bridgehead atoms. The fraction of sp³-hybridized carbons (Fsp3) is 1.00. The van der Waals surface area contributed by atoms with Gasteiger partial charge in [-0.2, -0.15) is 17.2 Å². The van der Waals surface area contributed by atoms with Gasteiger partial charge in [0.05, 0.1) is 0 Å². The van der Waals surface area contributed by atoms with E-state index in [-0.39, 0.29) is 0 Å². The van der Waals surface area contributed by atoms with E-state index in [4.69, 9.17) is 19.6 Å². The summed E-state index contributed by atoms with van der Waals surface area (Å²) < 4.78 is 73.6. The maximum Gasteiger partial charge on any atom is 0.490 e. The number of phosphoric acid groups is 5. The summed E-state index contributed by atoms with van der Waals surface area (Å²) in [7, 11) is -31.2. The molecule has 0 aromatic carbocycles. The zero-order chi connectivity index (χ0) is 26.4. The summed E-state index contributed by atoms with van der Waals surface area (Å²) in [5, 5.41) is 57.7. The molecule has 1 fully saturated rings. The molecule has 0 radical (unpaired) electrons. The van der Waals surface area contributed by atoms with Crippen molar-refractivity contribution < 1.29 is 105 Å². The first kappa shape index (κ1) is 31.5. The van der Waals surface area contributed by atoms with Crippen molar-refractivity contribution >= 4 is 39.1 Å². The van der Waals surface area contributed by atoms with Crippen molar-refractivity contribution in [3.05, 3.63) is 0 Å². The quantitative estimate of drug-likeness (QED) is 0.0846. The fourth-order valence-corrected chi connectivity index (χ4v) is 8.21. The molecule has 198 valence electrons. The Kier molecular flexibility index (Phi) is 9.63. The normalized spacial score (nSPS) is 38.5. The molecule has 0 heterocycles. The lowest BCUT2D eigenvalue weighted by Crippen LogP contribution is -2.71. The van der Waals surface area contributed by atoms with Gasteiger partial charge in [-0.05, 0) is 0 Å². The van der Waals surface area contributed by atoms with E-state index in [0.717, 1.165) is 0 Å². The monoisotopic (exact) mass is 596 g/mol. The number of aliphatic hydroxyl groups is 6. The number of hydrogen-bond acceptors (Lipinski definition) is 16. The molecule has 1 rings (SSSR count). The van der Waals surface area contributed by atoms with E-state index in [2.05, 4.69) is 21.8 Å². The summed E-state index contributed by atoms with van der Waals surface area (Å²) in [5.41, 5.74) is 0. The topological polar surface area (TPSA) is 374 Å². The van der Waals surface area contributed by atoms with Gasteiger partial charge in [0.15, 0.2) is 0 Å². The van der Waals surface area contributed by atoms with Gasteiger partial charge in [0, 0.05) is 0 Å². The highest BCUT2D eigenvalue weighted by Gasteiger charge is 2.62. The van der Waals surface area contributed by atoms with Crippen LogP contribution in [0.4, 0.5) is 0 Å². The Labute approximate surface area is 180 Å². The van der Waals surface area contributed by atoms with E-state index in [1.54, 1.807) is 0 Å². The van der Waals surface area contributed by atoms with Gasteiger partial charge < -0.3 is 60.0 Å². The molecule has 1 saturated carbocycles. The second-order valence-corrected chi connectivity index (χ2v) is 13.4. The Morgan fingerprint density at radius 2 is 0.818 bits per heavy atom. The van der Waals surface area contributed by atoms with E-state index in [1.165, 1.54) is 0 Å². The van der Waals surface area contributed by atoms with Gasteiger partial charge in [0.1, 0.15) is 30.5 Å². The van der Waals surface area contributed by atoms with E-state index in [0.29, 0.717) is 0 Å². The molecular formula is C6H17O22P5. The molecular weight excluding hydrogens is 579 g/mol. The Hall–Kier alpha value is 0.470. The maximum atomic E-state index is 11.9. The van der Waals surface area contributed by atoms with E-state index in [1.807, 2.05) is 0 Å². The molecule has 10 atom stereocenters. The zero-order valence-corrected chi connectivity index (χ0v) is 19.5. The summed E-state index contributed by atoms with van der Waals surface area (Å²) in [6.07, 6.45) is -13.2. The molecule has 0 amide bonds. The van der Waals surface area contributed by atoms with Crippen LogP contribution in [-0.4, -0.2) is 96.3 Å². The summed E-state index contributed by atoms with van der Waals surface area (Å²) in [6, 6.07) is 0. The van der Waals surface area contributed by atoms with Crippen molar-refractivity contribution in [1.82, 2.24) is 0 Å². The average Bonchev–Trinajstić information content (AvgIpc) is 2.50. The molecule has 0 spiro atoms. The molecule has 0 saturated heterocycles. The molecule has 12 N–H and O–H groups in total. The number of rotatable bonds is 10. The maximum absolute atomic E-state index is 11.9. The molecule has 1 aliphatic carbocycles. The first-order valence-electron chi connectivity index (χ1n) is 7.39. The van der Waals surface area contributed by atoms with Crippen LogP contribution in [0.2, 0.25) is 0 Å². The summed E-state index contributed by atoms with van der Waals surface area (Å²) in [4.78, 5) is 53.5. The van der Waals surface area contributed by atoms with Crippen molar-refractivity contribution in [2.24, 2.45) is 0 Å². The van der Waals surface area contributed by atoms with Crippen LogP contribution in [0.15, 0.2) is 0 Å². The molecule has 1 aliphatic rings. The second-order valence-electron chi connectivity index (χ2n) is 5.90. The van der Waals surface area contributed by atoms with Gasteiger partial charge in [0.2, 0.25) is 5.79 Å². The third-order valence-electron chi connectivity index (χ3n) is 3.28. The van der Waals surface area contributed by atoms with Crippen LogP contribution in [-0.2, 0) is 44.6 Å². The third-order valence-corrected chi connectivity index (χ3v) is 10.4. The largest absolute Gasteiger partial charge is 0.490 e.